The van der Waals surface area contributed by atoms with E-state index in [2.05, 4.69) is 5.32 Å². The number of halogens is 3. The zero-order chi connectivity index (χ0) is 21.7. The molecule has 1 unspecified atom stereocenters. The van der Waals surface area contributed by atoms with Crippen LogP contribution in [-0.4, -0.2) is 43.2 Å². The van der Waals surface area contributed by atoms with Gasteiger partial charge in [-0.25, -0.2) is 8.78 Å². The second kappa shape index (κ2) is 11.1. The topological polar surface area (TPSA) is 78.9 Å². The van der Waals surface area contributed by atoms with Crippen molar-refractivity contribution >= 4 is 30.0 Å². The third kappa shape index (κ3) is 6.15. The van der Waals surface area contributed by atoms with Crippen LogP contribution < -0.4 is 15.0 Å². The van der Waals surface area contributed by atoms with E-state index >= 15 is 0 Å². The number of nitrogens with zero attached hydrogens (tertiary/aromatic N) is 1. The maximum atomic E-state index is 13.6. The van der Waals surface area contributed by atoms with Crippen molar-refractivity contribution in [2.24, 2.45) is 0 Å². The van der Waals surface area contributed by atoms with Gasteiger partial charge >= 0.3 is 5.97 Å². The molecule has 1 amide bonds. The van der Waals surface area contributed by atoms with E-state index in [4.69, 9.17) is 9.84 Å². The highest BCUT2D eigenvalue weighted by molar-refractivity contribution is 5.98. The number of amides is 1. The minimum Gasteiger partial charge on any atom is -0.494 e. The van der Waals surface area contributed by atoms with Gasteiger partial charge in [-0.2, -0.15) is 0 Å². The van der Waals surface area contributed by atoms with Gasteiger partial charge in [0.1, 0.15) is 23.4 Å². The molecule has 31 heavy (non-hydrogen) atoms. The quantitative estimate of drug-likeness (QED) is 0.568. The van der Waals surface area contributed by atoms with Gasteiger partial charge < -0.3 is 20.1 Å². The van der Waals surface area contributed by atoms with Gasteiger partial charge in [-0.15, -0.1) is 12.4 Å². The number of fused-ring (bicyclic) bond motifs is 1. The molecule has 2 N–H and O–H groups in total. The van der Waals surface area contributed by atoms with Crippen molar-refractivity contribution in [3.05, 3.63) is 59.2 Å². The van der Waals surface area contributed by atoms with Crippen molar-refractivity contribution < 1.29 is 28.2 Å². The molecule has 0 aliphatic carbocycles. The molecule has 3 rings (SSSR count). The van der Waals surface area contributed by atoms with E-state index in [1.54, 1.807) is 17.0 Å². The molecule has 9 heteroatoms. The van der Waals surface area contributed by atoms with Crippen LogP contribution in [0.4, 0.5) is 14.5 Å². The predicted molar refractivity (Wildman–Crippen MR) is 115 cm³/mol. The summed E-state index contributed by atoms with van der Waals surface area (Å²) in [6.45, 7) is 0.873. The van der Waals surface area contributed by atoms with E-state index in [9.17, 15) is 18.4 Å². The summed E-state index contributed by atoms with van der Waals surface area (Å²) in [5, 5.41) is 11.7. The van der Waals surface area contributed by atoms with Gasteiger partial charge in [0.05, 0.1) is 13.0 Å². The zero-order valence-corrected chi connectivity index (χ0v) is 17.9. The summed E-state index contributed by atoms with van der Waals surface area (Å²) in [5.41, 5.74) is 2.17. The maximum absolute atomic E-state index is 13.6. The largest absolute Gasteiger partial charge is 0.494 e. The van der Waals surface area contributed by atoms with Crippen LogP contribution in [0.3, 0.4) is 0 Å². The summed E-state index contributed by atoms with van der Waals surface area (Å²) in [6, 6.07) is 8.05. The number of aliphatic carboxylic acids is 1. The lowest BCUT2D eigenvalue weighted by Crippen LogP contribution is -2.40. The lowest BCUT2D eigenvalue weighted by molar-refractivity contribution is -0.141. The first kappa shape index (κ1) is 24.6. The fourth-order valence-corrected chi connectivity index (χ4v) is 3.50. The molecule has 0 aromatic heterocycles. The molecule has 168 valence electrons. The monoisotopic (exact) mass is 454 g/mol. The van der Waals surface area contributed by atoms with Crippen LogP contribution in [0.1, 0.15) is 24.0 Å². The summed E-state index contributed by atoms with van der Waals surface area (Å²) in [5.74, 6) is -1.80. The first-order valence-corrected chi connectivity index (χ1v) is 9.79. The Balaban J connectivity index is 0.00000341. The Hall–Kier alpha value is -2.71. The highest BCUT2D eigenvalue weighted by Crippen LogP contribution is 2.32. The summed E-state index contributed by atoms with van der Waals surface area (Å²) in [7, 11) is 1.51. The van der Waals surface area contributed by atoms with Crippen molar-refractivity contribution in [2.75, 3.05) is 25.1 Å². The van der Waals surface area contributed by atoms with E-state index in [0.717, 1.165) is 17.3 Å². The molecule has 1 aliphatic heterocycles. The summed E-state index contributed by atoms with van der Waals surface area (Å²) >= 11 is 0. The van der Waals surface area contributed by atoms with Crippen LogP contribution in [-0.2, 0) is 22.4 Å². The maximum Gasteiger partial charge on any atom is 0.321 e. The van der Waals surface area contributed by atoms with E-state index in [0.29, 0.717) is 43.7 Å². The summed E-state index contributed by atoms with van der Waals surface area (Å²) in [6.07, 6.45) is 1.56. The number of likely N-dealkylation sites (N-methyl/N-ethyl adjacent to an activating group) is 1. The fourth-order valence-electron chi connectivity index (χ4n) is 3.50. The standard InChI is InChI=1S/C22H24F2N2O4.ClH/c1-25-19(22(28)29)13-21(27)26-9-8-15-11-17(6-7-20(15)26)30-10-2-3-14-4-5-16(23)12-18(14)24;/h4-7,11-12,19,25H,2-3,8-10,13H2,1H3,(H,28,29);1H. The third-order valence-corrected chi connectivity index (χ3v) is 5.15. The number of benzene rings is 2. The predicted octanol–water partition coefficient (Wildman–Crippen LogP) is 3.35. The Bertz CT molecular complexity index is 942. The molecule has 0 fully saturated rings. The van der Waals surface area contributed by atoms with Crippen LogP contribution in [0.2, 0.25) is 0 Å². The smallest absolute Gasteiger partial charge is 0.321 e. The Morgan fingerprint density at radius 3 is 2.68 bits per heavy atom. The number of ether oxygens (including phenoxy) is 1. The lowest BCUT2D eigenvalue weighted by atomic mass is 10.1. The van der Waals surface area contributed by atoms with Crippen LogP contribution in [0.25, 0.3) is 0 Å². The molecule has 6 nitrogen and oxygen atoms in total. The molecule has 1 aliphatic rings. The van der Waals surface area contributed by atoms with Crippen LogP contribution in [0.15, 0.2) is 36.4 Å². The zero-order valence-electron chi connectivity index (χ0n) is 17.1. The van der Waals surface area contributed by atoms with E-state index < -0.39 is 23.6 Å². The molecule has 2 aromatic carbocycles. The van der Waals surface area contributed by atoms with Crippen molar-refractivity contribution in [3.8, 4) is 5.75 Å². The first-order chi connectivity index (χ1) is 14.4. The van der Waals surface area contributed by atoms with E-state index in [1.807, 2.05) is 6.07 Å². The number of carbonyl (C=O) groups is 2. The van der Waals surface area contributed by atoms with Crippen molar-refractivity contribution in [1.82, 2.24) is 5.32 Å². The van der Waals surface area contributed by atoms with Crippen molar-refractivity contribution in [1.29, 1.82) is 0 Å². The minimum absolute atomic E-state index is 0. The second-order valence-electron chi connectivity index (χ2n) is 7.16. The Morgan fingerprint density at radius 2 is 2.00 bits per heavy atom. The highest BCUT2D eigenvalue weighted by atomic mass is 35.5. The average Bonchev–Trinajstić information content (AvgIpc) is 3.13. The molecular formula is C22H25ClF2N2O4. The van der Waals surface area contributed by atoms with Crippen molar-refractivity contribution in [2.45, 2.75) is 31.7 Å². The lowest BCUT2D eigenvalue weighted by Gasteiger charge is -2.20. The SMILES string of the molecule is CNC(CC(=O)N1CCc2cc(OCCCc3ccc(F)cc3F)ccc21)C(=O)O.Cl. The molecular weight excluding hydrogens is 430 g/mol. The Kier molecular flexibility index (Phi) is 8.76. The van der Waals surface area contributed by atoms with Crippen LogP contribution in [0, 0.1) is 11.6 Å². The number of carboxylic acid groups (broad SMARTS) is 1. The Morgan fingerprint density at radius 1 is 1.23 bits per heavy atom. The number of nitrogens with one attached hydrogen (secondary N) is 1. The molecule has 2 aromatic rings. The summed E-state index contributed by atoms with van der Waals surface area (Å²) < 4.78 is 32.3. The number of hydrogen-bond acceptors (Lipinski definition) is 4. The van der Waals surface area contributed by atoms with Gasteiger partial charge in [0.15, 0.2) is 0 Å². The Labute approximate surface area is 185 Å². The first-order valence-electron chi connectivity index (χ1n) is 9.79. The average molecular weight is 455 g/mol. The van der Waals surface area contributed by atoms with E-state index in [1.165, 1.54) is 19.2 Å². The third-order valence-electron chi connectivity index (χ3n) is 5.15. The van der Waals surface area contributed by atoms with Gasteiger partial charge in [0, 0.05) is 18.3 Å². The molecule has 0 saturated carbocycles. The number of aryl methyl sites for hydroxylation is 1. The normalized spacial score (nSPS) is 13.3. The number of anilines is 1. The molecule has 0 bridgehead atoms. The highest BCUT2D eigenvalue weighted by Gasteiger charge is 2.28. The summed E-state index contributed by atoms with van der Waals surface area (Å²) in [4.78, 5) is 25.2. The van der Waals surface area contributed by atoms with Gasteiger partial charge in [0.2, 0.25) is 5.91 Å². The van der Waals surface area contributed by atoms with Gasteiger partial charge in [-0.05, 0) is 61.7 Å². The number of carboxylic acids is 1. The van der Waals surface area contributed by atoms with E-state index in [-0.39, 0.29) is 24.7 Å². The molecule has 1 atom stereocenters. The van der Waals surface area contributed by atoms with Crippen molar-refractivity contribution in [3.63, 3.8) is 0 Å². The second-order valence-corrected chi connectivity index (χ2v) is 7.16. The number of rotatable bonds is 9. The van der Waals surface area contributed by atoms with Gasteiger partial charge in [-0.3, -0.25) is 9.59 Å². The van der Waals surface area contributed by atoms with Gasteiger partial charge in [-0.1, -0.05) is 6.07 Å². The molecule has 0 spiro atoms. The minimum atomic E-state index is -1.06. The number of carbonyl (C=O) groups excluding carboxylic acids is 1. The number of hydrogen-bond donors (Lipinski definition) is 2. The molecule has 0 radical (unpaired) electrons. The van der Waals surface area contributed by atoms with Crippen LogP contribution >= 0.6 is 12.4 Å². The van der Waals surface area contributed by atoms with Crippen LogP contribution in [0.5, 0.6) is 5.75 Å². The molecule has 1 heterocycles. The fraction of sp³-hybridized carbons (Fsp3) is 0.364. The van der Waals surface area contributed by atoms with Gasteiger partial charge in [0.25, 0.3) is 0 Å². The molecule has 0 saturated heterocycles.